The van der Waals surface area contributed by atoms with Gasteiger partial charge in [-0.3, -0.25) is 4.98 Å². The number of nitrogens with one attached hydrogen (secondary N) is 2. The van der Waals surface area contributed by atoms with E-state index in [1.807, 2.05) is 43.3 Å². The average Bonchev–Trinajstić information content (AvgIpc) is 2.80. The van der Waals surface area contributed by atoms with E-state index in [-0.39, 0.29) is 0 Å². The van der Waals surface area contributed by atoms with Gasteiger partial charge in [-0.25, -0.2) is 4.98 Å². The lowest BCUT2D eigenvalue weighted by molar-refractivity contribution is 0.122. The van der Waals surface area contributed by atoms with Crippen LogP contribution in [0.4, 0.5) is 28.8 Å². The number of anilines is 5. The van der Waals surface area contributed by atoms with Crippen molar-refractivity contribution in [3.63, 3.8) is 0 Å². The monoisotopic (exact) mass is 412 g/mol. The molecule has 31 heavy (non-hydrogen) atoms. The summed E-state index contributed by atoms with van der Waals surface area (Å²) in [7, 11) is 0. The third-order valence-corrected chi connectivity index (χ3v) is 5.23. The molecule has 2 N–H and O–H groups in total. The van der Waals surface area contributed by atoms with Gasteiger partial charge in [-0.15, -0.1) is 0 Å². The fourth-order valence-corrected chi connectivity index (χ4v) is 3.70. The summed E-state index contributed by atoms with van der Waals surface area (Å²) in [6.45, 7) is 5.38. The maximum absolute atomic E-state index is 5.43. The van der Waals surface area contributed by atoms with Crippen molar-refractivity contribution in [2.45, 2.75) is 6.92 Å². The quantitative estimate of drug-likeness (QED) is 0.494. The largest absolute Gasteiger partial charge is 0.378 e. The number of hydrogen-bond acceptors (Lipinski definition) is 7. The van der Waals surface area contributed by atoms with E-state index >= 15 is 0 Å². The van der Waals surface area contributed by atoms with Gasteiger partial charge in [0.2, 0.25) is 5.95 Å². The number of aromatic nitrogens is 3. The molecular weight excluding hydrogens is 388 g/mol. The second-order valence-corrected chi connectivity index (χ2v) is 7.53. The van der Waals surface area contributed by atoms with Crippen LogP contribution >= 0.6 is 0 Å². The van der Waals surface area contributed by atoms with Crippen LogP contribution in [0, 0.1) is 6.92 Å². The van der Waals surface area contributed by atoms with Gasteiger partial charge in [0.1, 0.15) is 5.82 Å². The summed E-state index contributed by atoms with van der Waals surface area (Å²) >= 11 is 0. The van der Waals surface area contributed by atoms with Gasteiger partial charge < -0.3 is 20.3 Å². The topological polar surface area (TPSA) is 75.2 Å². The number of pyridine rings is 1. The molecule has 1 aliphatic rings. The molecule has 7 heteroatoms. The Morgan fingerprint density at radius 1 is 0.871 bits per heavy atom. The molecule has 0 bridgehead atoms. The molecular formula is C24H24N6O. The number of benzene rings is 2. The molecule has 5 rings (SSSR count). The molecule has 2 aromatic heterocycles. The zero-order valence-corrected chi connectivity index (χ0v) is 17.4. The van der Waals surface area contributed by atoms with Crippen molar-refractivity contribution in [1.82, 2.24) is 15.0 Å². The second-order valence-electron chi connectivity index (χ2n) is 7.53. The van der Waals surface area contributed by atoms with Crippen LogP contribution in [0.1, 0.15) is 5.69 Å². The molecule has 0 aliphatic carbocycles. The van der Waals surface area contributed by atoms with Crippen molar-refractivity contribution in [3.05, 3.63) is 72.6 Å². The number of nitrogens with zero attached hydrogens (tertiary/aromatic N) is 4. The van der Waals surface area contributed by atoms with E-state index in [0.29, 0.717) is 5.95 Å². The minimum Gasteiger partial charge on any atom is -0.378 e. The normalized spacial score (nSPS) is 13.9. The lowest BCUT2D eigenvalue weighted by Crippen LogP contribution is -2.36. The Labute approximate surface area is 181 Å². The average molecular weight is 412 g/mol. The van der Waals surface area contributed by atoms with Crippen LogP contribution < -0.4 is 15.5 Å². The van der Waals surface area contributed by atoms with E-state index in [1.165, 1.54) is 5.69 Å². The molecule has 2 aromatic carbocycles. The van der Waals surface area contributed by atoms with Crippen LogP contribution in [-0.2, 0) is 4.74 Å². The van der Waals surface area contributed by atoms with E-state index in [4.69, 9.17) is 4.74 Å². The SMILES string of the molecule is Cc1cc(Nc2ccc(N3CCOCC3)cc2)nc(Nc2ccc3ncccc3c2)n1. The Morgan fingerprint density at radius 3 is 2.52 bits per heavy atom. The molecule has 0 atom stereocenters. The van der Waals surface area contributed by atoms with E-state index < -0.39 is 0 Å². The molecule has 3 heterocycles. The summed E-state index contributed by atoms with van der Waals surface area (Å²) in [5.74, 6) is 1.30. The summed E-state index contributed by atoms with van der Waals surface area (Å²) in [6, 6.07) is 20.3. The second kappa shape index (κ2) is 8.57. The molecule has 1 fully saturated rings. The Hall–Kier alpha value is -3.71. The Bertz CT molecular complexity index is 1190. The van der Waals surface area contributed by atoms with Crippen molar-refractivity contribution in [2.75, 3.05) is 41.8 Å². The number of ether oxygens (including phenoxy) is 1. The number of fused-ring (bicyclic) bond motifs is 1. The fraction of sp³-hybridized carbons (Fsp3) is 0.208. The first-order valence-electron chi connectivity index (χ1n) is 10.4. The summed E-state index contributed by atoms with van der Waals surface area (Å²) in [4.78, 5) is 15.9. The van der Waals surface area contributed by atoms with Gasteiger partial charge in [-0.05, 0) is 55.5 Å². The third kappa shape index (κ3) is 4.57. The van der Waals surface area contributed by atoms with Crippen LogP contribution in [0.3, 0.4) is 0 Å². The van der Waals surface area contributed by atoms with E-state index in [1.54, 1.807) is 6.20 Å². The maximum Gasteiger partial charge on any atom is 0.229 e. The molecule has 0 spiro atoms. The van der Waals surface area contributed by atoms with E-state index in [0.717, 1.165) is 60.1 Å². The summed E-state index contributed by atoms with van der Waals surface area (Å²) in [5, 5.41) is 7.76. The zero-order valence-electron chi connectivity index (χ0n) is 17.4. The van der Waals surface area contributed by atoms with Gasteiger partial charge >= 0.3 is 0 Å². The highest BCUT2D eigenvalue weighted by molar-refractivity contribution is 5.82. The van der Waals surface area contributed by atoms with Crippen molar-refractivity contribution in [3.8, 4) is 0 Å². The van der Waals surface area contributed by atoms with Crippen molar-refractivity contribution >= 4 is 39.7 Å². The molecule has 4 aromatic rings. The third-order valence-electron chi connectivity index (χ3n) is 5.23. The molecule has 0 saturated carbocycles. The first kappa shape index (κ1) is 19.3. The van der Waals surface area contributed by atoms with Crippen molar-refractivity contribution < 1.29 is 4.74 Å². The smallest absolute Gasteiger partial charge is 0.229 e. The Kier molecular flexibility index (Phi) is 5.33. The molecule has 1 aliphatic heterocycles. The molecule has 1 saturated heterocycles. The lowest BCUT2D eigenvalue weighted by atomic mass is 10.2. The van der Waals surface area contributed by atoms with E-state index in [9.17, 15) is 0 Å². The zero-order chi connectivity index (χ0) is 21.0. The first-order valence-corrected chi connectivity index (χ1v) is 10.4. The highest BCUT2D eigenvalue weighted by Gasteiger charge is 2.11. The maximum atomic E-state index is 5.43. The van der Waals surface area contributed by atoms with Crippen LogP contribution in [0.2, 0.25) is 0 Å². The minimum absolute atomic E-state index is 0.552. The first-order chi connectivity index (χ1) is 15.2. The van der Waals surface area contributed by atoms with Crippen LogP contribution in [-0.4, -0.2) is 41.3 Å². The number of aryl methyl sites for hydroxylation is 1. The summed E-state index contributed by atoms with van der Waals surface area (Å²) < 4.78 is 5.43. The van der Waals surface area contributed by atoms with E-state index in [2.05, 4.69) is 54.8 Å². The fourth-order valence-electron chi connectivity index (χ4n) is 3.70. The van der Waals surface area contributed by atoms with Crippen LogP contribution in [0.25, 0.3) is 10.9 Å². The van der Waals surface area contributed by atoms with Crippen LogP contribution in [0.15, 0.2) is 66.9 Å². The number of morpholine rings is 1. The van der Waals surface area contributed by atoms with Gasteiger partial charge in [0.25, 0.3) is 0 Å². The highest BCUT2D eigenvalue weighted by Crippen LogP contribution is 2.24. The van der Waals surface area contributed by atoms with Gasteiger partial charge in [-0.1, -0.05) is 6.07 Å². The van der Waals surface area contributed by atoms with Crippen LogP contribution in [0.5, 0.6) is 0 Å². The molecule has 7 nitrogen and oxygen atoms in total. The predicted molar refractivity (Wildman–Crippen MR) is 125 cm³/mol. The predicted octanol–water partition coefficient (Wildman–Crippen LogP) is 4.66. The standard InChI is InChI=1S/C24H24N6O/c1-17-15-23(27-19-4-7-21(8-5-19)30-11-13-31-14-12-30)29-24(26-17)28-20-6-9-22-18(16-20)3-2-10-25-22/h2-10,15-16H,11-14H2,1H3,(H2,26,27,28,29). The molecule has 0 unspecified atom stereocenters. The Morgan fingerprint density at radius 2 is 1.68 bits per heavy atom. The van der Waals surface area contributed by atoms with Gasteiger partial charge in [-0.2, -0.15) is 4.98 Å². The Balaban J connectivity index is 1.32. The number of rotatable bonds is 5. The molecule has 0 radical (unpaired) electrons. The number of hydrogen-bond donors (Lipinski definition) is 2. The summed E-state index contributed by atoms with van der Waals surface area (Å²) in [5.41, 5.74) is 4.96. The van der Waals surface area contributed by atoms with Gasteiger partial charge in [0.05, 0.1) is 18.7 Å². The molecule has 0 amide bonds. The highest BCUT2D eigenvalue weighted by atomic mass is 16.5. The molecule has 156 valence electrons. The van der Waals surface area contributed by atoms with Crippen molar-refractivity contribution in [2.24, 2.45) is 0 Å². The minimum atomic E-state index is 0.552. The van der Waals surface area contributed by atoms with Gasteiger partial charge in [0.15, 0.2) is 0 Å². The lowest BCUT2D eigenvalue weighted by Gasteiger charge is -2.28. The van der Waals surface area contributed by atoms with Gasteiger partial charge in [0, 0.05) is 53.5 Å². The van der Waals surface area contributed by atoms with Crippen molar-refractivity contribution in [1.29, 1.82) is 0 Å². The summed E-state index contributed by atoms with van der Waals surface area (Å²) in [6.07, 6.45) is 1.80.